The second-order valence-electron chi connectivity index (χ2n) is 5.65. The van der Waals surface area contributed by atoms with Crippen LogP contribution in [0.3, 0.4) is 0 Å². The number of hydrogen-bond acceptors (Lipinski definition) is 4. The van der Waals surface area contributed by atoms with Crippen LogP contribution in [0, 0.1) is 5.41 Å². The van der Waals surface area contributed by atoms with Crippen LogP contribution in [0.4, 0.5) is 0 Å². The number of hydrogen-bond donors (Lipinski definition) is 2. The lowest BCUT2D eigenvalue weighted by molar-refractivity contribution is -0.148. The molecule has 3 N–H and O–H groups in total. The van der Waals surface area contributed by atoms with Gasteiger partial charge in [-0.1, -0.05) is 0 Å². The van der Waals surface area contributed by atoms with E-state index in [9.17, 15) is 9.90 Å². The molecule has 0 bridgehead atoms. The molecule has 1 unspecified atom stereocenters. The Balaban J connectivity index is 1.77. The molecule has 5 nitrogen and oxygen atoms in total. The Hall–Kier alpha value is -0.650. The minimum Gasteiger partial charge on any atom is -0.394 e. The fraction of sp³-hybridized carbons (Fsp3) is 0.917. The first-order valence-corrected chi connectivity index (χ1v) is 6.42. The summed E-state index contributed by atoms with van der Waals surface area (Å²) in [5.74, 6) is 0.153. The number of nitrogens with zero attached hydrogens (tertiary/aromatic N) is 1. The number of nitrogens with two attached hydrogens (primary N) is 1. The highest BCUT2D eigenvalue weighted by atomic mass is 16.5. The van der Waals surface area contributed by atoms with E-state index in [2.05, 4.69) is 0 Å². The summed E-state index contributed by atoms with van der Waals surface area (Å²) in [7, 11) is 0. The van der Waals surface area contributed by atoms with Crippen LogP contribution in [0.2, 0.25) is 0 Å². The van der Waals surface area contributed by atoms with E-state index in [-0.39, 0.29) is 29.5 Å². The molecular formula is C12H20N2O3. The van der Waals surface area contributed by atoms with Gasteiger partial charge in [0.25, 0.3) is 0 Å². The van der Waals surface area contributed by atoms with E-state index in [1.807, 2.05) is 0 Å². The smallest absolute Gasteiger partial charge is 0.231 e. The van der Waals surface area contributed by atoms with Gasteiger partial charge in [0.05, 0.1) is 31.3 Å². The van der Waals surface area contributed by atoms with Gasteiger partial charge in [0, 0.05) is 12.1 Å². The van der Waals surface area contributed by atoms with Gasteiger partial charge in [-0.3, -0.25) is 4.79 Å². The Morgan fingerprint density at radius 3 is 2.65 bits per heavy atom. The monoisotopic (exact) mass is 240 g/mol. The van der Waals surface area contributed by atoms with Gasteiger partial charge in [0.1, 0.15) is 0 Å². The Morgan fingerprint density at radius 1 is 1.41 bits per heavy atom. The highest BCUT2D eigenvalue weighted by Gasteiger charge is 2.68. The fourth-order valence-electron chi connectivity index (χ4n) is 3.01. The van der Waals surface area contributed by atoms with E-state index in [0.29, 0.717) is 19.8 Å². The van der Waals surface area contributed by atoms with Crippen molar-refractivity contribution in [3.05, 3.63) is 0 Å². The molecule has 3 aliphatic rings. The second-order valence-corrected chi connectivity index (χ2v) is 5.65. The van der Waals surface area contributed by atoms with Gasteiger partial charge >= 0.3 is 0 Å². The Labute approximate surface area is 101 Å². The van der Waals surface area contributed by atoms with Gasteiger partial charge in [-0.2, -0.15) is 0 Å². The Bertz CT molecular complexity index is 337. The van der Waals surface area contributed by atoms with Crippen LogP contribution in [-0.4, -0.2) is 53.9 Å². The SMILES string of the molecule is NC1(C2(C(=O)N3CCOCC3CO)CC2)CC1. The third-order valence-electron chi connectivity index (χ3n) is 4.60. The maximum absolute atomic E-state index is 12.6. The number of rotatable bonds is 3. The summed E-state index contributed by atoms with van der Waals surface area (Å²) in [6.07, 6.45) is 3.76. The van der Waals surface area contributed by atoms with Crippen molar-refractivity contribution in [2.45, 2.75) is 37.3 Å². The van der Waals surface area contributed by atoms with Crippen molar-refractivity contribution < 1.29 is 14.6 Å². The average Bonchev–Trinajstić information content (AvgIpc) is 3.23. The minimum atomic E-state index is -0.308. The summed E-state index contributed by atoms with van der Waals surface area (Å²) < 4.78 is 5.30. The maximum atomic E-state index is 12.6. The molecule has 0 aromatic heterocycles. The molecule has 96 valence electrons. The summed E-state index contributed by atoms with van der Waals surface area (Å²) in [5.41, 5.74) is 5.68. The van der Waals surface area contributed by atoms with Crippen LogP contribution in [0.1, 0.15) is 25.7 Å². The highest BCUT2D eigenvalue weighted by Crippen LogP contribution is 2.63. The summed E-state index contributed by atoms with van der Waals surface area (Å²) in [4.78, 5) is 14.4. The topological polar surface area (TPSA) is 75.8 Å². The predicted molar refractivity (Wildman–Crippen MR) is 61.2 cm³/mol. The van der Waals surface area contributed by atoms with Crippen LogP contribution in [0.25, 0.3) is 0 Å². The van der Waals surface area contributed by atoms with Crippen LogP contribution in [0.15, 0.2) is 0 Å². The molecule has 1 atom stereocenters. The largest absolute Gasteiger partial charge is 0.394 e. The minimum absolute atomic E-state index is 0.0284. The van der Waals surface area contributed by atoms with E-state index in [1.54, 1.807) is 4.90 Å². The highest BCUT2D eigenvalue weighted by molar-refractivity contribution is 5.88. The summed E-state index contributed by atoms with van der Waals surface area (Å²) in [6, 6.07) is -0.184. The maximum Gasteiger partial charge on any atom is 0.231 e. The molecule has 1 amide bonds. The summed E-state index contributed by atoms with van der Waals surface area (Å²) in [5, 5.41) is 9.31. The summed E-state index contributed by atoms with van der Waals surface area (Å²) >= 11 is 0. The third-order valence-corrected chi connectivity index (χ3v) is 4.60. The van der Waals surface area contributed by atoms with Crippen molar-refractivity contribution in [2.24, 2.45) is 11.1 Å². The lowest BCUT2D eigenvalue weighted by Gasteiger charge is -2.38. The van der Waals surface area contributed by atoms with Gasteiger partial charge in [-0.05, 0) is 25.7 Å². The van der Waals surface area contributed by atoms with Crippen molar-refractivity contribution in [2.75, 3.05) is 26.4 Å². The molecule has 0 aromatic rings. The molecule has 1 saturated heterocycles. The number of morpholine rings is 1. The second kappa shape index (κ2) is 3.67. The molecule has 1 heterocycles. The first-order chi connectivity index (χ1) is 8.13. The van der Waals surface area contributed by atoms with Crippen molar-refractivity contribution in [1.82, 2.24) is 4.90 Å². The summed E-state index contributed by atoms with van der Waals surface area (Å²) in [6.45, 7) is 1.56. The molecule has 0 spiro atoms. The molecule has 0 aromatic carbocycles. The Kier molecular flexibility index (Phi) is 2.47. The van der Waals surface area contributed by atoms with Gasteiger partial charge in [-0.25, -0.2) is 0 Å². The van der Waals surface area contributed by atoms with E-state index in [4.69, 9.17) is 10.5 Å². The quantitative estimate of drug-likeness (QED) is 0.696. The molecular weight excluding hydrogens is 220 g/mol. The van der Waals surface area contributed by atoms with Gasteiger partial charge in [0.2, 0.25) is 5.91 Å². The van der Waals surface area contributed by atoms with Crippen molar-refractivity contribution >= 4 is 5.91 Å². The van der Waals surface area contributed by atoms with E-state index in [0.717, 1.165) is 25.7 Å². The van der Waals surface area contributed by atoms with E-state index < -0.39 is 0 Å². The fourth-order valence-corrected chi connectivity index (χ4v) is 3.01. The zero-order chi connectivity index (χ0) is 12.1. The number of carbonyl (C=O) groups excluding carboxylic acids is 1. The van der Waals surface area contributed by atoms with Crippen molar-refractivity contribution in [1.29, 1.82) is 0 Å². The van der Waals surface area contributed by atoms with Crippen LogP contribution in [-0.2, 0) is 9.53 Å². The number of amides is 1. The zero-order valence-corrected chi connectivity index (χ0v) is 10.0. The number of ether oxygens (including phenoxy) is 1. The first kappa shape index (κ1) is 11.4. The number of aliphatic hydroxyl groups is 1. The average molecular weight is 240 g/mol. The third kappa shape index (κ3) is 1.60. The lowest BCUT2D eigenvalue weighted by Crippen LogP contribution is -2.56. The molecule has 2 saturated carbocycles. The van der Waals surface area contributed by atoms with Crippen LogP contribution in [0.5, 0.6) is 0 Å². The van der Waals surface area contributed by atoms with E-state index in [1.165, 1.54) is 0 Å². The van der Waals surface area contributed by atoms with Crippen molar-refractivity contribution in [3.8, 4) is 0 Å². The molecule has 5 heteroatoms. The molecule has 0 radical (unpaired) electrons. The van der Waals surface area contributed by atoms with Crippen molar-refractivity contribution in [3.63, 3.8) is 0 Å². The zero-order valence-electron chi connectivity index (χ0n) is 10.0. The predicted octanol–water partition coefficient (Wildman–Crippen LogP) is -0.522. The Morgan fingerprint density at radius 2 is 2.12 bits per heavy atom. The lowest BCUT2D eigenvalue weighted by atomic mass is 9.92. The molecule has 1 aliphatic heterocycles. The standard InChI is InChI=1S/C12H20N2O3/c13-12(3-4-12)11(1-2-11)10(16)14-5-6-17-8-9(14)7-15/h9,15H,1-8,13H2. The molecule has 3 rings (SSSR count). The van der Waals surface area contributed by atoms with Crippen LogP contribution < -0.4 is 5.73 Å². The van der Waals surface area contributed by atoms with Gasteiger partial charge < -0.3 is 20.5 Å². The normalized spacial score (nSPS) is 33.3. The van der Waals surface area contributed by atoms with Gasteiger partial charge in [0.15, 0.2) is 0 Å². The molecule has 17 heavy (non-hydrogen) atoms. The number of carbonyl (C=O) groups is 1. The molecule has 3 fully saturated rings. The van der Waals surface area contributed by atoms with E-state index >= 15 is 0 Å². The first-order valence-electron chi connectivity index (χ1n) is 6.42. The molecule has 2 aliphatic carbocycles. The van der Waals surface area contributed by atoms with Crippen LogP contribution >= 0.6 is 0 Å². The van der Waals surface area contributed by atoms with Gasteiger partial charge in [-0.15, -0.1) is 0 Å². The number of aliphatic hydroxyl groups excluding tert-OH is 1.